The van der Waals surface area contributed by atoms with Crippen LogP contribution in [0.3, 0.4) is 0 Å². The van der Waals surface area contributed by atoms with Crippen molar-refractivity contribution in [1.29, 1.82) is 0 Å². The summed E-state index contributed by atoms with van der Waals surface area (Å²) in [6, 6.07) is 4.60. The van der Waals surface area contributed by atoms with Crippen molar-refractivity contribution in [2.75, 3.05) is 0 Å². The molecule has 0 spiro atoms. The van der Waals surface area contributed by atoms with E-state index in [1.807, 2.05) is 13.8 Å². The van der Waals surface area contributed by atoms with E-state index in [2.05, 4.69) is 15.9 Å². The molecule has 1 rings (SSSR count). The van der Waals surface area contributed by atoms with Crippen molar-refractivity contribution >= 4 is 15.9 Å². The molecule has 1 aromatic rings. The fraction of sp³-hybridized carbons (Fsp3) is 0.400. The van der Waals surface area contributed by atoms with Crippen molar-refractivity contribution in [3.05, 3.63) is 34.1 Å². The van der Waals surface area contributed by atoms with E-state index >= 15 is 0 Å². The maximum atomic E-state index is 13.3. The van der Waals surface area contributed by atoms with E-state index in [1.54, 1.807) is 12.1 Å². The highest BCUT2D eigenvalue weighted by Crippen LogP contribution is 2.24. The van der Waals surface area contributed by atoms with Crippen molar-refractivity contribution in [3.63, 3.8) is 0 Å². The van der Waals surface area contributed by atoms with E-state index in [0.717, 1.165) is 4.47 Å². The minimum absolute atomic E-state index is 0.232. The highest BCUT2D eigenvalue weighted by Gasteiger charge is 2.14. The Labute approximate surface area is 86.3 Å². The molecule has 0 fully saturated rings. The SMILES string of the molecule is CC(C)C(N)c1cc(Br)ccc1F. The number of rotatable bonds is 2. The van der Waals surface area contributed by atoms with Crippen LogP contribution < -0.4 is 5.73 Å². The predicted octanol–water partition coefficient (Wildman–Crippen LogP) is 3.24. The molecule has 0 aliphatic rings. The smallest absolute Gasteiger partial charge is 0.128 e. The lowest BCUT2D eigenvalue weighted by atomic mass is 9.97. The van der Waals surface area contributed by atoms with E-state index < -0.39 is 0 Å². The van der Waals surface area contributed by atoms with Gasteiger partial charge in [0, 0.05) is 16.1 Å². The van der Waals surface area contributed by atoms with Crippen molar-refractivity contribution in [2.45, 2.75) is 19.9 Å². The average Bonchev–Trinajstić information content (AvgIpc) is 2.08. The molecule has 1 unspecified atom stereocenters. The molecule has 0 saturated carbocycles. The third-order valence-corrected chi connectivity index (χ3v) is 2.53. The van der Waals surface area contributed by atoms with Gasteiger partial charge in [0.05, 0.1) is 0 Å². The van der Waals surface area contributed by atoms with Gasteiger partial charge < -0.3 is 5.73 Å². The van der Waals surface area contributed by atoms with Crippen LogP contribution in [0.4, 0.5) is 4.39 Å². The molecular formula is C10H13BrFN. The van der Waals surface area contributed by atoms with Crippen LogP contribution in [0, 0.1) is 11.7 Å². The summed E-state index contributed by atoms with van der Waals surface area (Å²) < 4.78 is 14.1. The van der Waals surface area contributed by atoms with Crippen molar-refractivity contribution in [3.8, 4) is 0 Å². The number of hydrogen-bond donors (Lipinski definition) is 1. The average molecular weight is 246 g/mol. The quantitative estimate of drug-likeness (QED) is 0.851. The highest BCUT2D eigenvalue weighted by atomic mass is 79.9. The van der Waals surface area contributed by atoms with Crippen LogP contribution >= 0.6 is 15.9 Å². The number of halogens is 2. The van der Waals surface area contributed by atoms with E-state index in [1.165, 1.54) is 6.07 Å². The summed E-state index contributed by atoms with van der Waals surface area (Å²) in [5.41, 5.74) is 6.42. The second kappa shape index (κ2) is 4.20. The first-order valence-corrected chi connectivity index (χ1v) is 5.02. The van der Waals surface area contributed by atoms with Gasteiger partial charge in [0.25, 0.3) is 0 Å². The van der Waals surface area contributed by atoms with Gasteiger partial charge in [-0.15, -0.1) is 0 Å². The van der Waals surface area contributed by atoms with Gasteiger partial charge in [-0.3, -0.25) is 0 Å². The summed E-state index contributed by atoms with van der Waals surface area (Å²) in [6.45, 7) is 3.95. The summed E-state index contributed by atoms with van der Waals surface area (Å²) in [5, 5.41) is 0. The Balaban J connectivity index is 3.05. The molecule has 0 amide bonds. The highest BCUT2D eigenvalue weighted by molar-refractivity contribution is 9.10. The zero-order valence-corrected chi connectivity index (χ0v) is 9.31. The number of benzene rings is 1. The summed E-state index contributed by atoms with van der Waals surface area (Å²) in [7, 11) is 0. The van der Waals surface area contributed by atoms with Gasteiger partial charge in [0.1, 0.15) is 5.82 Å². The Kier molecular flexibility index (Phi) is 3.45. The molecule has 13 heavy (non-hydrogen) atoms. The lowest BCUT2D eigenvalue weighted by Crippen LogP contribution is -2.18. The van der Waals surface area contributed by atoms with Gasteiger partial charge in [0.2, 0.25) is 0 Å². The Morgan fingerprint density at radius 2 is 2.00 bits per heavy atom. The molecular weight excluding hydrogens is 233 g/mol. The molecule has 0 radical (unpaired) electrons. The van der Waals surface area contributed by atoms with Crippen LogP contribution in [0.5, 0.6) is 0 Å². The zero-order chi connectivity index (χ0) is 10.0. The maximum Gasteiger partial charge on any atom is 0.128 e. The minimum atomic E-state index is -0.238. The molecule has 1 atom stereocenters. The first kappa shape index (κ1) is 10.7. The Bertz CT molecular complexity index is 299. The fourth-order valence-corrected chi connectivity index (χ4v) is 1.51. The summed E-state index contributed by atoms with van der Waals surface area (Å²) in [4.78, 5) is 0. The van der Waals surface area contributed by atoms with Gasteiger partial charge in [-0.1, -0.05) is 29.8 Å². The third-order valence-electron chi connectivity index (χ3n) is 2.04. The monoisotopic (exact) mass is 245 g/mol. The van der Waals surface area contributed by atoms with Crippen LogP contribution in [0.1, 0.15) is 25.5 Å². The lowest BCUT2D eigenvalue weighted by Gasteiger charge is -2.16. The molecule has 0 aliphatic heterocycles. The first-order valence-electron chi connectivity index (χ1n) is 4.23. The molecule has 1 aromatic carbocycles. The molecule has 0 aliphatic carbocycles. The Morgan fingerprint density at radius 3 is 2.54 bits per heavy atom. The first-order chi connectivity index (χ1) is 6.02. The van der Waals surface area contributed by atoms with Crippen LogP contribution in [-0.2, 0) is 0 Å². The van der Waals surface area contributed by atoms with Gasteiger partial charge in [-0.05, 0) is 24.1 Å². The second-order valence-corrected chi connectivity index (χ2v) is 4.35. The van der Waals surface area contributed by atoms with E-state index in [-0.39, 0.29) is 17.8 Å². The van der Waals surface area contributed by atoms with Crippen molar-refractivity contribution in [1.82, 2.24) is 0 Å². The normalized spacial score (nSPS) is 13.4. The Hall–Kier alpha value is -0.410. The summed E-state index contributed by atoms with van der Waals surface area (Å²) in [6.07, 6.45) is 0. The molecule has 1 nitrogen and oxygen atoms in total. The third kappa shape index (κ3) is 2.51. The topological polar surface area (TPSA) is 26.0 Å². The van der Waals surface area contributed by atoms with E-state index in [9.17, 15) is 4.39 Å². The van der Waals surface area contributed by atoms with Crippen LogP contribution in [0.2, 0.25) is 0 Å². The van der Waals surface area contributed by atoms with E-state index in [4.69, 9.17) is 5.73 Å². The molecule has 72 valence electrons. The lowest BCUT2D eigenvalue weighted by molar-refractivity contribution is 0.484. The van der Waals surface area contributed by atoms with Gasteiger partial charge in [-0.25, -0.2) is 4.39 Å². The summed E-state index contributed by atoms with van der Waals surface area (Å²) in [5.74, 6) is 0.00759. The standard InChI is InChI=1S/C10H13BrFN/c1-6(2)10(13)8-5-7(11)3-4-9(8)12/h3-6,10H,13H2,1-2H3. The number of nitrogens with two attached hydrogens (primary N) is 1. The molecule has 2 N–H and O–H groups in total. The van der Waals surface area contributed by atoms with Gasteiger partial charge in [0.15, 0.2) is 0 Å². The fourth-order valence-electron chi connectivity index (χ4n) is 1.13. The van der Waals surface area contributed by atoms with E-state index in [0.29, 0.717) is 5.56 Å². The molecule has 0 saturated heterocycles. The Morgan fingerprint density at radius 1 is 1.38 bits per heavy atom. The molecule has 0 heterocycles. The predicted molar refractivity (Wildman–Crippen MR) is 55.9 cm³/mol. The minimum Gasteiger partial charge on any atom is -0.324 e. The maximum absolute atomic E-state index is 13.3. The van der Waals surface area contributed by atoms with Crippen LogP contribution in [0.15, 0.2) is 22.7 Å². The molecule has 0 aromatic heterocycles. The number of hydrogen-bond acceptors (Lipinski definition) is 1. The van der Waals surface area contributed by atoms with Crippen LogP contribution in [0.25, 0.3) is 0 Å². The zero-order valence-electron chi connectivity index (χ0n) is 7.72. The van der Waals surface area contributed by atoms with Crippen LogP contribution in [-0.4, -0.2) is 0 Å². The van der Waals surface area contributed by atoms with Gasteiger partial charge >= 0.3 is 0 Å². The molecule has 3 heteroatoms. The second-order valence-electron chi connectivity index (χ2n) is 3.44. The summed E-state index contributed by atoms with van der Waals surface area (Å²) >= 11 is 3.29. The largest absolute Gasteiger partial charge is 0.324 e. The van der Waals surface area contributed by atoms with Gasteiger partial charge in [-0.2, -0.15) is 0 Å². The van der Waals surface area contributed by atoms with Crippen molar-refractivity contribution < 1.29 is 4.39 Å². The molecule has 0 bridgehead atoms. The van der Waals surface area contributed by atoms with Crippen molar-refractivity contribution in [2.24, 2.45) is 11.7 Å².